The molecule has 0 radical (unpaired) electrons. The van der Waals surface area contributed by atoms with E-state index in [1.165, 1.54) is 36.8 Å². The van der Waals surface area contributed by atoms with E-state index in [1.807, 2.05) is 0 Å². The minimum absolute atomic E-state index is 0.755. The Kier molecular flexibility index (Phi) is 4.61. The molecule has 2 rings (SSSR count). The van der Waals surface area contributed by atoms with Gasteiger partial charge < -0.3 is 5.32 Å². The lowest BCUT2D eigenvalue weighted by Crippen LogP contribution is -2.31. The van der Waals surface area contributed by atoms with Gasteiger partial charge in [0, 0.05) is 12.6 Å². The lowest BCUT2D eigenvalue weighted by molar-refractivity contribution is 0.389. The van der Waals surface area contributed by atoms with Gasteiger partial charge in [0.25, 0.3) is 0 Å². The van der Waals surface area contributed by atoms with E-state index in [0.29, 0.717) is 0 Å². The van der Waals surface area contributed by atoms with E-state index in [-0.39, 0.29) is 0 Å². The Morgan fingerprint density at radius 2 is 1.76 bits per heavy atom. The molecule has 1 heteroatoms. The van der Waals surface area contributed by atoms with Crippen LogP contribution in [0.5, 0.6) is 0 Å². The van der Waals surface area contributed by atoms with Gasteiger partial charge in [0.15, 0.2) is 0 Å². The molecule has 1 N–H and O–H groups in total. The predicted molar refractivity (Wildman–Crippen MR) is 74.1 cm³/mol. The SMILES string of the molecule is CCc1ccc(CNC2CCCC2CC)cc1. The first kappa shape index (κ1) is 12.6. The Hall–Kier alpha value is -0.820. The summed E-state index contributed by atoms with van der Waals surface area (Å²) < 4.78 is 0. The van der Waals surface area contributed by atoms with Crippen molar-refractivity contribution in [1.82, 2.24) is 5.32 Å². The van der Waals surface area contributed by atoms with Crippen LogP contribution in [0.4, 0.5) is 0 Å². The van der Waals surface area contributed by atoms with E-state index >= 15 is 0 Å². The van der Waals surface area contributed by atoms with Crippen LogP contribution in [0.15, 0.2) is 24.3 Å². The predicted octanol–water partition coefficient (Wildman–Crippen LogP) is 3.92. The summed E-state index contributed by atoms with van der Waals surface area (Å²) in [5, 5.41) is 3.74. The van der Waals surface area contributed by atoms with Gasteiger partial charge in [-0.25, -0.2) is 0 Å². The van der Waals surface area contributed by atoms with Crippen LogP contribution in [0.3, 0.4) is 0 Å². The molecule has 2 unspecified atom stereocenters. The van der Waals surface area contributed by atoms with Gasteiger partial charge >= 0.3 is 0 Å². The van der Waals surface area contributed by atoms with Gasteiger partial charge in [0.2, 0.25) is 0 Å². The second kappa shape index (κ2) is 6.20. The highest BCUT2D eigenvalue weighted by molar-refractivity contribution is 5.22. The average molecular weight is 231 g/mol. The van der Waals surface area contributed by atoms with Crippen molar-refractivity contribution in [3.63, 3.8) is 0 Å². The number of hydrogen-bond acceptors (Lipinski definition) is 1. The van der Waals surface area contributed by atoms with E-state index in [2.05, 4.69) is 43.4 Å². The molecule has 17 heavy (non-hydrogen) atoms. The Balaban J connectivity index is 1.84. The molecule has 1 fully saturated rings. The molecule has 0 spiro atoms. The van der Waals surface area contributed by atoms with Gasteiger partial charge in [-0.2, -0.15) is 0 Å². The third-order valence-corrected chi connectivity index (χ3v) is 4.18. The Morgan fingerprint density at radius 3 is 2.41 bits per heavy atom. The minimum atomic E-state index is 0.755. The number of nitrogens with one attached hydrogen (secondary N) is 1. The van der Waals surface area contributed by atoms with Crippen LogP contribution in [0.2, 0.25) is 0 Å². The first-order valence-corrected chi connectivity index (χ1v) is 7.14. The number of benzene rings is 1. The van der Waals surface area contributed by atoms with E-state index in [0.717, 1.165) is 24.9 Å². The van der Waals surface area contributed by atoms with Crippen LogP contribution in [0.1, 0.15) is 50.7 Å². The van der Waals surface area contributed by atoms with Crippen molar-refractivity contribution in [3.8, 4) is 0 Å². The number of hydrogen-bond donors (Lipinski definition) is 1. The monoisotopic (exact) mass is 231 g/mol. The Bertz CT molecular complexity index is 328. The van der Waals surface area contributed by atoms with Crippen molar-refractivity contribution in [2.24, 2.45) is 5.92 Å². The molecule has 1 aliphatic rings. The highest BCUT2D eigenvalue weighted by Gasteiger charge is 2.24. The molecule has 94 valence electrons. The molecule has 0 bridgehead atoms. The van der Waals surface area contributed by atoms with E-state index in [9.17, 15) is 0 Å². The summed E-state index contributed by atoms with van der Waals surface area (Å²) in [7, 11) is 0. The fraction of sp³-hybridized carbons (Fsp3) is 0.625. The van der Waals surface area contributed by atoms with E-state index in [4.69, 9.17) is 0 Å². The topological polar surface area (TPSA) is 12.0 Å². The third kappa shape index (κ3) is 3.32. The maximum absolute atomic E-state index is 3.74. The molecule has 1 saturated carbocycles. The molecule has 1 aliphatic carbocycles. The number of rotatable bonds is 5. The van der Waals surface area contributed by atoms with Crippen molar-refractivity contribution >= 4 is 0 Å². The summed E-state index contributed by atoms with van der Waals surface area (Å²) in [5.74, 6) is 0.907. The first-order chi connectivity index (χ1) is 8.33. The normalized spacial score (nSPS) is 24.1. The zero-order valence-electron chi connectivity index (χ0n) is 11.2. The molecular formula is C16H25N. The zero-order chi connectivity index (χ0) is 12.1. The van der Waals surface area contributed by atoms with Crippen LogP contribution < -0.4 is 5.32 Å². The summed E-state index contributed by atoms with van der Waals surface area (Å²) in [5.41, 5.74) is 2.85. The fourth-order valence-corrected chi connectivity index (χ4v) is 2.94. The van der Waals surface area contributed by atoms with E-state index in [1.54, 1.807) is 0 Å². The van der Waals surface area contributed by atoms with Gasteiger partial charge in [-0.1, -0.05) is 51.0 Å². The lowest BCUT2D eigenvalue weighted by Gasteiger charge is -2.19. The second-order valence-electron chi connectivity index (χ2n) is 5.26. The molecule has 0 saturated heterocycles. The number of aryl methyl sites for hydroxylation is 1. The molecule has 0 heterocycles. The summed E-state index contributed by atoms with van der Waals surface area (Å²) in [6, 6.07) is 9.79. The van der Waals surface area contributed by atoms with Gasteiger partial charge in [0.05, 0.1) is 0 Å². The molecule has 1 nitrogen and oxygen atoms in total. The van der Waals surface area contributed by atoms with Crippen LogP contribution in [0, 0.1) is 5.92 Å². The zero-order valence-corrected chi connectivity index (χ0v) is 11.2. The summed E-state index contributed by atoms with van der Waals surface area (Å²) in [6.45, 7) is 5.56. The quantitative estimate of drug-likeness (QED) is 0.810. The van der Waals surface area contributed by atoms with Gasteiger partial charge in [-0.05, 0) is 36.3 Å². The second-order valence-corrected chi connectivity index (χ2v) is 5.26. The van der Waals surface area contributed by atoms with Crippen molar-refractivity contribution < 1.29 is 0 Å². The lowest BCUT2D eigenvalue weighted by atomic mass is 10.0. The summed E-state index contributed by atoms with van der Waals surface area (Å²) in [6.07, 6.45) is 6.65. The van der Waals surface area contributed by atoms with Crippen LogP contribution >= 0.6 is 0 Å². The highest BCUT2D eigenvalue weighted by Crippen LogP contribution is 2.28. The largest absolute Gasteiger partial charge is 0.310 e. The molecule has 2 atom stereocenters. The summed E-state index contributed by atoms with van der Waals surface area (Å²) in [4.78, 5) is 0. The van der Waals surface area contributed by atoms with Crippen LogP contribution in [-0.4, -0.2) is 6.04 Å². The standard InChI is InChI=1S/C16H25N/c1-3-13-8-10-14(11-9-13)12-17-16-7-5-6-15(16)4-2/h8-11,15-17H,3-7,12H2,1-2H3. The molecule has 1 aromatic rings. The fourth-order valence-electron chi connectivity index (χ4n) is 2.94. The van der Waals surface area contributed by atoms with E-state index < -0.39 is 0 Å². The van der Waals surface area contributed by atoms with Gasteiger partial charge in [-0.15, -0.1) is 0 Å². The molecule has 0 amide bonds. The maximum Gasteiger partial charge on any atom is 0.0208 e. The Morgan fingerprint density at radius 1 is 1.06 bits per heavy atom. The van der Waals surface area contributed by atoms with Crippen LogP contribution in [0.25, 0.3) is 0 Å². The van der Waals surface area contributed by atoms with Crippen molar-refractivity contribution in [2.75, 3.05) is 0 Å². The van der Waals surface area contributed by atoms with Crippen molar-refractivity contribution in [3.05, 3.63) is 35.4 Å². The first-order valence-electron chi connectivity index (χ1n) is 7.14. The van der Waals surface area contributed by atoms with Crippen molar-refractivity contribution in [1.29, 1.82) is 0 Å². The highest BCUT2D eigenvalue weighted by atomic mass is 14.9. The van der Waals surface area contributed by atoms with Gasteiger partial charge in [0.1, 0.15) is 0 Å². The molecule has 1 aromatic carbocycles. The average Bonchev–Trinajstić information content (AvgIpc) is 2.84. The third-order valence-electron chi connectivity index (χ3n) is 4.18. The molecular weight excluding hydrogens is 206 g/mol. The van der Waals surface area contributed by atoms with Crippen LogP contribution in [-0.2, 0) is 13.0 Å². The van der Waals surface area contributed by atoms with Gasteiger partial charge in [-0.3, -0.25) is 0 Å². The minimum Gasteiger partial charge on any atom is -0.310 e. The smallest absolute Gasteiger partial charge is 0.0208 e. The summed E-state index contributed by atoms with van der Waals surface area (Å²) >= 11 is 0. The van der Waals surface area contributed by atoms with Crippen molar-refractivity contribution in [2.45, 2.75) is 58.5 Å². The Labute approximate surface area is 106 Å². The molecule has 0 aromatic heterocycles. The molecule has 0 aliphatic heterocycles. The maximum atomic E-state index is 3.74.